The van der Waals surface area contributed by atoms with Crippen molar-refractivity contribution in [3.63, 3.8) is 0 Å². The molecule has 6 heteroatoms. The molecule has 1 aromatic heterocycles. The minimum absolute atomic E-state index is 0.0184. The average Bonchev–Trinajstić information content (AvgIpc) is 3.21. The lowest BCUT2D eigenvalue weighted by molar-refractivity contribution is 0.00578. The Kier molecular flexibility index (Phi) is 4.85. The zero-order chi connectivity index (χ0) is 22.9. The summed E-state index contributed by atoms with van der Waals surface area (Å²) in [6.07, 6.45) is 6.18. The van der Waals surface area contributed by atoms with Crippen molar-refractivity contribution in [2.24, 2.45) is 5.41 Å². The van der Waals surface area contributed by atoms with Crippen LogP contribution < -0.4 is 0 Å². The summed E-state index contributed by atoms with van der Waals surface area (Å²) in [4.78, 5) is 27.8. The van der Waals surface area contributed by atoms with Gasteiger partial charge in [-0.15, -0.1) is 0 Å². The van der Waals surface area contributed by atoms with Gasteiger partial charge in [-0.1, -0.05) is 44.4 Å². The summed E-state index contributed by atoms with van der Waals surface area (Å²) in [7, 11) is -0.889. The number of hydrogen-bond donors (Lipinski definition) is 0. The molecule has 1 saturated carbocycles. The van der Waals surface area contributed by atoms with Crippen molar-refractivity contribution in [3.05, 3.63) is 46.6 Å². The van der Waals surface area contributed by atoms with Crippen LogP contribution in [0.3, 0.4) is 0 Å². The molecule has 0 N–H and O–H groups in total. The highest BCUT2D eigenvalue weighted by atomic mass is 16.7. The summed E-state index contributed by atoms with van der Waals surface area (Å²) in [6.45, 7) is 10.1. The molecule has 0 radical (unpaired) electrons. The van der Waals surface area contributed by atoms with E-state index in [-0.39, 0.29) is 22.7 Å². The Bertz CT molecular complexity index is 1130. The Morgan fingerprint density at radius 3 is 2.16 bits per heavy atom. The lowest BCUT2D eigenvalue weighted by atomic mass is 9.63. The second kappa shape index (κ2) is 7.16. The number of allylic oxidation sites excluding steroid dienone is 2. The molecule has 2 aromatic rings. The number of carbonyl (C=O) groups is 2. The smallest absolute Gasteiger partial charge is 0.452 e. The van der Waals surface area contributed by atoms with E-state index in [0.717, 1.165) is 25.7 Å². The first kappa shape index (κ1) is 21.7. The Morgan fingerprint density at radius 1 is 0.875 bits per heavy atom. The fraction of sp³-hybridized carbons (Fsp3) is 0.538. The number of furan rings is 1. The number of rotatable bonds is 3. The van der Waals surface area contributed by atoms with Gasteiger partial charge < -0.3 is 13.7 Å². The van der Waals surface area contributed by atoms with Crippen molar-refractivity contribution in [2.75, 3.05) is 0 Å². The molecule has 5 rings (SSSR count). The maximum Gasteiger partial charge on any atom is 0.499 e. The van der Waals surface area contributed by atoms with E-state index in [1.807, 2.05) is 45.9 Å². The lowest BCUT2D eigenvalue weighted by Crippen LogP contribution is -2.41. The summed E-state index contributed by atoms with van der Waals surface area (Å²) >= 11 is 0. The van der Waals surface area contributed by atoms with Gasteiger partial charge in [0.25, 0.3) is 0 Å². The monoisotopic (exact) mass is 434 g/mol. The average molecular weight is 434 g/mol. The van der Waals surface area contributed by atoms with Gasteiger partial charge in [0.15, 0.2) is 11.5 Å². The Labute approximate surface area is 189 Å². The molecule has 2 aliphatic carbocycles. The Balaban J connectivity index is 1.66. The van der Waals surface area contributed by atoms with E-state index < -0.39 is 18.3 Å². The van der Waals surface area contributed by atoms with Crippen LogP contribution in [0.15, 0.2) is 39.7 Å². The molecule has 0 atom stereocenters. The topological polar surface area (TPSA) is 65.7 Å². The molecule has 0 unspecified atom stereocenters. The van der Waals surface area contributed by atoms with E-state index >= 15 is 0 Å². The SMILES string of the molecule is CC1(CC2=C(B3OC(C)(C)C(C)(C)O3)C(=O)c3oc4ccccc4c3C2=O)CCCCC1. The van der Waals surface area contributed by atoms with Crippen LogP contribution in [-0.4, -0.2) is 29.9 Å². The molecule has 168 valence electrons. The minimum atomic E-state index is -0.889. The summed E-state index contributed by atoms with van der Waals surface area (Å²) in [6, 6.07) is 7.36. The first-order valence-electron chi connectivity index (χ1n) is 11.7. The Hall–Kier alpha value is -2.18. The van der Waals surface area contributed by atoms with Crippen LogP contribution in [-0.2, 0) is 9.31 Å². The number of Topliss-reactive ketones (excluding diaryl/α,β-unsaturated/α-hetero) is 2. The third kappa shape index (κ3) is 3.22. The third-order valence-electron chi connectivity index (χ3n) is 8.03. The van der Waals surface area contributed by atoms with Gasteiger partial charge in [-0.3, -0.25) is 9.59 Å². The quantitative estimate of drug-likeness (QED) is 0.546. The van der Waals surface area contributed by atoms with Gasteiger partial charge >= 0.3 is 7.12 Å². The van der Waals surface area contributed by atoms with E-state index in [1.54, 1.807) is 6.07 Å². The summed E-state index contributed by atoms with van der Waals surface area (Å²) in [5, 5.41) is 0.695. The number of benzene rings is 1. The van der Waals surface area contributed by atoms with Gasteiger partial charge in [-0.25, -0.2) is 0 Å². The molecular formula is C26H31BO5. The van der Waals surface area contributed by atoms with E-state index in [9.17, 15) is 9.59 Å². The van der Waals surface area contributed by atoms with Crippen LogP contribution in [0, 0.1) is 5.41 Å². The molecule has 2 fully saturated rings. The van der Waals surface area contributed by atoms with Crippen LogP contribution in [0.2, 0.25) is 0 Å². The van der Waals surface area contributed by atoms with E-state index in [2.05, 4.69) is 6.92 Å². The van der Waals surface area contributed by atoms with E-state index in [4.69, 9.17) is 13.7 Å². The van der Waals surface area contributed by atoms with Crippen molar-refractivity contribution in [3.8, 4) is 0 Å². The Morgan fingerprint density at radius 2 is 1.50 bits per heavy atom. The predicted molar refractivity (Wildman–Crippen MR) is 124 cm³/mol. The predicted octanol–water partition coefficient (Wildman–Crippen LogP) is 6.10. The van der Waals surface area contributed by atoms with Crippen LogP contribution in [0.1, 0.15) is 94.1 Å². The summed E-state index contributed by atoms with van der Waals surface area (Å²) in [5.41, 5.74) is 0.571. The molecular weight excluding hydrogens is 403 g/mol. The van der Waals surface area contributed by atoms with Crippen molar-refractivity contribution in [1.82, 2.24) is 0 Å². The van der Waals surface area contributed by atoms with Crippen molar-refractivity contribution in [1.29, 1.82) is 0 Å². The molecule has 5 nitrogen and oxygen atoms in total. The number of hydrogen-bond acceptors (Lipinski definition) is 5. The molecule has 0 amide bonds. The molecule has 1 aromatic carbocycles. The number of ketones is 2. The lowest BCUT2D eigenvalue weighted by Gasteiger charge is -2.35. The van der Waals surface area contributed by atoms with E-state index in [1.165, 1.54) is 6.42 Å². The van der Waals surface area contributed by atoms with Crippen LogP contribution in [0.25, 0.3) is 11.0 Å². The largest absolute Gasteiger partial charge is 0.499 e. The second-order valence-corrected chi connectivity index (χ2v) is 11.0. The highest BCUT2D eigenvalue weighted by molar-refractivity contribution is 6.65. The molecule has 1 saturated heterocycles. The summed E-state index contributed by atoms with van der Waals surface area (Å²) in [5.74, 6) is -0.303. The van der Waals surface area contributed by atoms with Gasteiger partial charge in [-0.05, 0) is 58.4 Å². The van der Waals surface area contributed by atoms with Crippen LogP contribution >= 0.6 is 0 Å². The fourth-order valence-electron chi connectivity index (χ4n) is 5.36. The van der Waals surface area contributed by atoms with Crippen LogP contribution in [0.5, 0.6) is 0 Å². The number of carbonyl (C=O) groups excluding carboxylic acids is 2. The second-order valence-electron chi connectivity index (χ2n) is 11.0. The first-order valence-corrected chi connectivity index (χ1v) is 11.7. The maximum absolute atomic E-state index is 14.0. The molecule has 0 spiro atoms. The van der Waals surface area contributed by atoms with Gasteiger partial charge in [-0.2, -0.15) is 0 Å². The van der Waals surface area contributed by atoms with Crippen molar-refractivity contribution >= 4 is 29.7 Å². The standard InChI is InChI=1S/C26H31BO5/c1-24(2)25(3,4)32-27(31-24)20-17(15-26(5)13-9-6-10-14-26)21(28)19-16-11-7-8-12-18(16)30-23(19)22(20)29/h7-8,11-12H,6,9-10,13-15H2,1-5H3. The fourth-order valence-corrected chi connectivity index (χ4v) is 5.36. The van der Waals surface area contributed by atoms with Gasteiger partial charge in [0, 0.05) is 16.4 Å². The van der Waals surface area contributed by atoms with Gasteiger partial charge in [0.1, 0.15) is 5.58 Å². The normalized spacial score (nSPS) is 24.3. The molecule has 32 heavy (non-hydrogen) atoms. The first-order chi connectivity index (χ1) is 15.0. The minimum Gasteiger partial charge on any atom is -0.452 e. The zero-order valence-corrected chi connectivity index (χ0v) is 19.7. The molecule has 1 aliphatic heterocycles. The molecule has 0 bridgehead atoms. The van der Waals surface area contributed by atoms with Gasteiger partial charge in [0.2, 0.25) is 5.78 Å². The number of para-hydroxylation sites is 1. The van der Waals surface area contributed by atoms with Crippen molar-refractivity contribution in [2.45, 2.75) is 84.3 Å². The van der Waals surface area contributed by atoms with E-state index in [0.29, 0.717) is 34.0 Å². The molecule has 2 heterocycles. The third-order valence-corrected chi connectivity index (χ3v) is 8.03. The summed E-state index contributed by atoms with van der Waals surface area (Å²) < 4.78 is 18.5. The zero-order valence-electron chi connectivity index (χ0n) is 19.7. The molecule has 3 aliphatic rings. The highest BCUT2D eigenvalue weighted by Gasteiger charge is 2.56. The van der Waals surface area contributed by atoms with Gasteiger partial charge in [0.05, 0.1) is 16.8 Å². The highest BCUT2D eigenvalue weighted by Crippen LogP contribution is 2.47. The number of fused-ring (bicyclic) bond motifs is 3. The van der Waals surface area contributed by atoms with Crippen LogP contribution in [0.4, 0.5) is 0 Å². The van der Waals surface area contributed by atoms with Crippen molar-refractivity contribution < 1.29 is 23.3 Å². The maximum atomic E-state index is 14.0.